The largest absolute Gasteiger partial charge is 0.496 e. The molecule has 2 heterocycles. The summed E-state index contributed by atoms with van der Waals surface area (Å²) in [7, 11) is 1.62. The van der Waals surface area contributed by atoms with Crippen molar-refractivity contribution < 1.29 is 9.13 Å². The van der Waals surface area contributed by atoms with Crippen LogP contribution in [-0.4, -0.2) is 43.7 Å². The zero-order valence-electron chi connectivity index (χ0n) is 16.1. The molecule has 0 spiro atoms. The van der Waals surface area contributed by atoms with Crippen molar-refractivity contribution in [2.75, 3.05) is 31.6 Å². The van der Waals surface area contributed by atoms with Gasteiger partial charge in [0.25, 0.3) is 0 Å². The van der Waals surface area contributed by atoms with Crippen LogP contribution >= 0.6 is 11.6 Å². The van der Waals surface area contributed by atoms with Gasteiger partial charge in [0.2, 0.25) is 0 Å². The summed E-state index contributed by atoms with van der Waals surface area (Å²) in [5, 5.41) is 7.32. The van der Waals surface area contributed by atoms with Crippen LogP contribution in [0.2, 0.25) is 5.02 Å². The highest BCUT2D eigenvalue weighted by molar-refractivity contribution is 6.30. The van der Waals surface area contributed by atoms with Gasteiger partial charge in [-0.1, -0.05) is 17.7 Å². The lowest BCUT2D eigenvalue weighted by molar-refractivity contribution is 0.410. The molecule has 1 aliphatic heterocycles. The van der Waals surface area contributed by atoms with Crippen molar-refractivity contribution in [3.63, 3.8) is 0 Å². The Balaban J connectivity index is 1.65. The highest BCUT2D eigenvalue weighted by Crippen LogP contribution is 2.24. The molecule has 1 aromatic heterocycles. The first kappa shape index (κ1) is 20.2. The Morgan fingerprint density at radius 2 is 2.29 bits per heavy atom. The van der Waals surface area contributed by atoms with E-state index in [1.54, 1.807) is 25.4 Å². The normalized spacial score (nSPS) is 16.9. The van der Waals surface area contributed by atoms with Gasteiger partial charge < -0.3 is 20.3 Å². The monoisotopic (exact) mass is 405 g/mol. The molecule has 0 saturated carbocycles. The number of rotatable bonds is 6. The number of methoxy groups -OCH3 is 1. The summed E-state index contributed by atoms with van der Waals surface area (Å²) in [6.45, 7) is 4.64. The molecule has 0 amide bonds. The van der Waals surface area contributed by atoms with Crippen LogP contribution in [0.4, 0.5) is 10.2 Å². The van der Waals surface area contributed by atoms with Crippen molar-refractivity contribution in [2.45, 2.75) is 25.9 Å². The van der Waals surface area contributed by atoms with Crippen LogP contribution in [0.15, 0.2) is 41.5 Å². The molecule has 8 heteroatoms. The molecular formula is C20H25ClFN5O. The fraction of sp³-hybridized carbons (Fsp3) is 0.400. The van der Waals surface area contributed by atoms with Gasteiger partial charge in [-0.05, 0) is 37.6 Å². The van der Waals surface area contributed by atoms with Gasteiger partial charge in [0.05, 0.1) is 13.7 Å². The van der Waals surface area contributed by atoms with Crippen LogP contribution in [-0.2, 0) is 6.54 Å². The lowest BCUT2D eigenvalue weighted by Crippen LogP contribution is -2.44. The van der Waals surface area contributed by atoms with Gasteiger partial charge in [0.1, 0.15) is 5.75 Å². The summed E-state index contributed by atoms with van der Waals surface area (Å²) < 4.78 is 19.4. The molecule has 28 heavy (non-hydrogen) atoms. The molecule has 0 aliphatic carbocycles. The third kappa shape index (κ3) is 5.04. The topological polar surface area (TPSA) is 61.8 Å². The molecule has 1 fully saturated rings. The van der Waals surface area contributed by atoms with Gasteiger partial charge in [-0.2, -0.15) is 0 Å². The molecule has 3 rings (SSSR count). The Morgan fingerprint density at radius 1 is 1.43 bits per heavy atom. The number of nitrogens with zero attached hydrogens (tertiary/aromatic N) is 3. The van der Waals surface area contributed by atoms with Gasteiger partial charge in [-0.3, -0.25) is 0 Å². The number of ether oxygens (including phenoxy) is 1. The third-order valence-electron chi connectivity index (χ3n) is 4.57. The van der Waals surface area contributed by atoms with Crippen molar-refractivity contribution in [3.8, 4) is 5.75 Å². The Bertz CT molecular complexity index is 832. The number of anilines is 1. The minimum atomic E-state index is -0.293. The van der Waals surface area contributed by atoms with Crippen LogP contribution in [0.3, 0.4) is 0 Å². The Morgan fingerprint density at radius 3 is 3.04 bits per heavy atom. The predicted octanol–water partition coefficient (Wildman–Crippen LogP) is 3.22. The number of hydrogen-bond acceptors (Lipinski definition) is 4. The number of nitrogens with one attached hydrogen (secondary N) is 2. The molecule has 1 aliphatic rings. The zero-order valence-corrected chi connectivity index (χ0v) is 16.8. The number of aliphatic imine (C=N–C) groups is 1. The van der Waals surface area contributed by atoms with Gasteiger partial charge >= 0.3 is 0 Å². The van der Waals surface area contributed by atoms with Crippen LogP contribution < -0.4 is 20.3 Å². The minimum Gasteiger partial charge on any atom is -0.496 e. The second-order valence-electron chi connectivity index (χ2n) is 6.54. The van der Waals surface area contributed by atoms with Crippen LogP contribution in [0.25, 0.3) is 0 Å². The summed E-state index contributed by atoms with van der Waals surface area (Å²) in [6, 6.07) is 8.72. The summed E-state index contributed by atoms with van der Waals surface area (Å²) in [5.74, 6) is 1.54. The molecule has 150 valence electrons. The first-order valence-electron chi connectivity index (χ1n) is 9.33. The van der Waals surface area contributed by atoms with Crippen LogP contribution in [0, 0.1) is 5.82 Å². The standard InChI is InChI=1S/C20H25ClFN5O/c1-3-23-20(25-12-14-6-7-15(21)11-18(14)28-2)26-16-8-10-27(13-16)19-17(22)5-4-9-24-19/h4-7,9,11,16H,3,8,10,12-13H2,1-2H3,(H2,23,25,26). The smallest absolute Gasteiger partial charge is 0.191 e. The van der Waals surface area contributed by atoms with Crippen molar-refractivity contribution >= 4 is 23.4 Å². The van der Waals surface area contributed by atoms with Gasteiger partial charge in [0.15, 0.2) is 17.6 Å². The van der Waals surface area contributed by atoms with E-state index in [2.05, 4.69) is 20.6 Å². The van der Waals surface area contributed by atoms with Gasteiger partial charge in [0, 0.05) is 42.5 Å². The molecule has 1 saturated heterocycles. The number of benzene rings is 1. The van der Waals surface area contributed by atoms with Crippen molar-refractivity contribution in [1.82, 2.24) is 15.6 Å². The zero-order chi connectivity index (χ0) is 19.9. The highest BCUT2D eigenvalue weighted by atomic mass is 35.5. The second kappa shape index (κ2) is 9.59. The molecule has 2 aromatic rings. The molecule has 2 N–H and O–H groups in total. The SMILES string of the molecule is CCNC(=NCc1ccc(Cl)cc1OC)NC1CCN(c2ncccc2F)C1. The molecule has 1 unspecified atom stereocenters. The van der Waals surface area contributed by atoms with Crippen LogP contribution in [0.1, 0.15) is 18.9 Å². The lowest BCUT2D eigenvalue weighted by Gasteiger charge is -2.20. The quantitative estimate of drug-likeness (QED) is 0.570. The average molecular weight is 406 g/mol. The summed E-state index contributed by atoms with van der Waals surface area (Å²) in [5.41, 5.74) is 0.952. The summed E-state index contributed by atoms with van der Waals surface area (Å²) >= 11 is 6.02. The van der Waals surface area contributed by atoms with E-state index < -0.39 is 0 Å². The van der Waals surface area contributed by atoms with E-state index in [0.29, 0.717) is 35.6 Å². The maximum atomic E-state index is 14.0. The molecule has 0 radical (unpaired) electrons. The van der Waals surface area contributed by atoms with E-state index >= 15 is 0 Å². The lowest BCUT2D eigenvalue weighted by atomic mass is 10.2. The van der Waals surface area contributed by atoms with E-state index in [9.17, 15) is 4.39 Å². The Kier molecular flexibility index (Phi) is 6.92. The molecular weight excluding hydrogens is 381 g/mol. The average Bonchev–Trinajstić information content (AvgIpc) is 3.15. The van der Waals surface area contributed by atoms with E-state index in [1.165, 1.54) is 6.07 Å². The molecule has 0 bridgehead atoms. The maximum Gasteiger partial charge on any atom is 0.191 e. The Hall–Kier alpha value is -2.54. The Labute approximate surface area is 169 Å². The van der Waals surface area contributed by atoms with Gasteiger partial charge in [-0.25, -0.2) is 14.4 Å². The summed E-state index contributed by atoms with van der Waals surface area (Å²) in [4.78, 5) is 10.8. The predicted molar refractivity (Wildman–Crippen MR) is 111 cm³/mol. The second-order valence-corrected chi connectivity index (χ2v) is 6.97. The number of halogens is 2. The first-order valence-corrected chi connectivity index (χ1v) is 9.71. The van der Waals surface area contributed by atoms with Gasteiger partial charge in [-0.15, -0.1) is 0 Å². The maximum absolute atomic E-state index is 14.0. The van der Waals surface area contributed by atoms with E-state index in [4.69, 9.17) is 16.3 Å². The fourth-order valence-electron chi connectivity index (χ4n) is 3.21. The van der Waals surface area contributed by atoms with E-state index in [0.717, 1.165) is 25.1 Å². The van der Waals surface area contributed by atoms with E-state index in [1.807, 2.05) is 24.0 Å². The number of guanidine groups is 1. The fourth-order valence-corrected chi connectivity index (χ4v) is 3.37. The minimum absolute atomic E-state index is 0.159. The van der Waals surface area contributed by atoms with E-state index in [-0.39, 0.29) is 11.9 Å². The molecule has 1 atom stereocenters. The van der Waals surface area contributed by atoms with Crippen LogP contribution in [0.5, 0.6) is 5.75 Å². The molecule has 6 nitrogen and oxygen atoms in total. The molecule has 1 aromatic carbocycles. The third-order valence-corrected chi connectivity index (χ3v) is 4.80. The number of aromatic nitrogens is 1. The number of hydrogen-bond donors (Lipinski definition) is 2. The highest BCUT2D eigenvalue weighted by Gasteiger charge is 2.25. The summed E-state index contributed by atoms with van der Waals surface area (Å²) in [6.07, 6.45) is 2.49. The van der Waals surface area contributed by atoms with Crippen molar-refractivity contribution in [2.24, 2.45) is 4.99 Å². The first-order chi connectivity index (χ1) is 13.6. The van der Waals surface area contributed by atoms with Crippen molar-refractivity contribution in [3.05, 3.63) is 52.9 Å². The number of pyridine rings is 1. The van der Waals surface area contributed by atoms with Crippen molar-refractivity contribution in [1.29, 1.82) is 0 Å².